The Morgan fingerprint density at radius 3 is 2.70 bits per heavy atom. The van der Waals surface area contributed by atoms with Gasteiger partial charge in [0.1, 0.15) is 5.82 Å². The third kappa shape index (κ3) is 2.19. The van der Waals surface area contributed by atoms with Gasteiger partial charge in [0.2, 0.25) is 0 Å². The van der Waals surface area contributed by atoms with Gasteiger partial charge >= 0.3 is 0 Å². The highest BCUT2D eigenvalue weighted by Gasteiger charge is 2.36. The van der Waals surface area contributed by atoms with Crippen molar-refractivity contribution in [3.8, 4) is 0 Å². The van der Waals surface area contributed by atoms with Gasteiger partial charge in [-0.25, -0.2) is 4.98 Å². The van der Waals surface area contributed by atoms with E-state index in [0.29, 0.717) is 5.41 Å². The molecular formula is C17H25N3. The van der Waals surface area contributed by atoms with Crippen LogP contribution in [-0.4, -0.2) is 9.55 Å². The number of hydrogen-bond acceptors (Lipinski definition) is 2. The number of aryl methyl sites for hydroxylation is 1. The highest BCUT2D eigenvalue weighted by atomic mass is 15.1. The highest BCUT2D eigenvalue weighted by Crippen LogP contribution is 2.45. The summed E-state index contributed by atoms with van der Waals surface area (Å²) in [5.74, 6) is 1.23. The van der Waals surface area contributed by atoms with Crippen LogP contribution in [0, 0.1) is 5.41 Å². The van der Waals surface area contributed by atoms with Gasteiger partial charge in [-0.2, -0.15) is 0 Å². The molecule has 3 heteroatoms. The molecule has 108 valence electrons. The first-order valence-corrected chi connectivity index (χ1v) is 7.92. The summed E-state index contributed by atoms with van der Waals surface area (Å²) < 4.78 is 2.46. The fourth-order valence-electron chi connectivity index (χ4n) is 3.42. The molecule has 0 spiro atoms. The molecule has 0 atom stereocenters. The molecule has 0 unspecified atom stereocenters. The number of imidazole rings is 1. The Morgan fingerprint density at radius 1 is 1.30 bits per heavy atom. The van der Waals surface area contributed by atoms with Gasteiger partial charge in [0.05, 0.1) is 11.0 Å². The Hall–Kier alpha value is -1.51. The van der Waals surface area contributed by atoms with Crippen LogP contribution in [0.5, 0.6) is 0 Å². The molecule has 2 N–H and O–H groups in total. The minimum atomic E-state index is 0.511. The van der Waals surface area contributed by atoms with Crippen LogP contribution >= 0.6 is 0 Å². The van der Waals surface area contributed by atoms with Crippen LogP contribution in [0.15, 0.2) is 18.2 Å². The first-order chi connectivity index (χ1) is 9.67. The average molecular weight is 271 g/mol. The molecule has 2 aromatic rings. The first-order valence-electron chi connectivity index (χ1n) is 7.92. The van der Waals surface area contributed by atoms with Crippen LogP contribution in [0.1, 0.15) is 51.8 Å². The smallest absolute Gasteiger partial charge is 0.109 e. The molecule has 1 saturated carbocycles. The normalized spacial score (nSPS) is 17.3. The van der Waals surface area contributed by atoms with E-state index in [-0.39, 0.29) is 0 Å². The van der Waals surface area contributed by atoms with Gasteiger partial charge in [-0.05, 0) is 49.3 Å². The average Bonchev–Trinajstić information content (AvgIpc) is 2.71. The highest BCUT2D eigenvalue weighted by molar-refractivity contribution is 5.79. The number of fused-ring (bicyclic) bond motifs is 1. The van der Waals surface area contributed by atoms with Crippen LogP contribution in [0.3, 0.4) is 0 Å². The van der Waals surface area contributed by atoms with E-state index in [1.165, 1.54) is 37.0 Å². The zero-order chi connectivity index (χ0) is 14.2. The van der Waals surface area contributed by atoms with Crippen molar-refractivity contribution in [2.75, 3.05) is 5.73 Å². The van der Waals surface area contributed by atoms with Crippen molar-refractivity contribution in [3.63, 3.8) is 0 Å². The standard InChI is InChI=1S/C17H25N3/c1-3-6-16-19-14-11-13(18)7-8-15(14)20(16)12-17(4-2)9-5-10-17/h7-8,11H,3-6,9-10,12,18H2,1-2H3. The second kappa shape index (κ2) is 5.12. The summed E-state index contributed by atoms with van der Waals surface area (Å²) in [7, 11) is 0. The number of hydrogen-bond donors (Lipinski definition) is 1. The van der Waals surface area contributed by atoms with Crippen LogP contribution in [0.25, 0.3) is 11.0 Å². The van der Waals surface area contributed by atoms with Crippen molar-refractivity contribution >= 4 is 16.7 Å². The lowest BCUT2D eigenvalue weighted by molar-refractivity contribution is 0.101. The maximum absolute atomic E-state index is 5.90. The molecule has 3 rings (SSSR count). The molecule has 1 aromatic carbocycles. The van der Waals surface area contributed by atoms with Crippen LogP contribution < -0.4 is 5.73 Å². The molecule has 0 radical (unpaired) electrons. The summed E-state index contributed by atoms with van der Waals surface area (Å²) in [5.41, 5.74) is 9.52. The minimum absolute atomic E-state index is 0.511. The number of anilines is 1. The molecule has 0 aliphatic heterocycles. The number of aromatic nitrogens is 2. The molecule has 0 saturated heterocycles. The van der Waals surface area contributed by atoms with Gasteiger partial charge in [-0.1, -0.05) is 20.3 Å². The van der Waals surface area contributed by atoms with E-state index in [1.54, 1.807) is 0 Å². The third-order valence-corrected chi connectivity index (χ3v) is 4.98. The van der Waals surface area contributed by atoms with Gasteiger partial charge in [0.15, 0.2) is 0 Å². The predicted octanol–water partition coefficient (Wildman–Crippen LogP) is 4.15. The van der Waals surface area contributed by atoms with E-state index >= 15 is 0 Å². The van der Waals surface area contributed by atoms with Crippen molar-refractivity contribution in [1.82, 2.24) is 9.55 Å². The number of nitrogen functional groups attached to an aromatic ring is 1. The SMILES string of the molecule is CCCc1nc2cc(N)ccc2n1CC1(CC)CCC1. The van der Waals surface area contributed by atoms with E-state index < -0.39 is 0 Å². The molecule has 1 aliphatic carbocycles. The van der Waals surface area contributed by atoms with E-state index in [0.717, 1.165) is 30.6 Å². The number of nitrogens with two attached hydrogens (primary N) is 1. The summed E-state index contributed by atoms with van der Waals surface area (Å²) >= 11 is 0. The summed E-state index contributed by atoms with van der Waals surface area (Å²) in [6.45, 7) is 5.67. The Labute approximate surface area is 121 Å². The molecule has 20 heavy (non-hydrogen) atoms. The lowest BCUT2D eigenvalue weighted by Gasteiger charge is -2.42. The zero-order valence-corrected chi connectivity index (χ0v) is 12.7. The van der Waals surface area contributed by atoms with Gasteiger partial charge in [-0.15, -0.1) is 0 Å². The van der Waals surface area contributed by atoms with Gasteiger partial charge in [0.25, 0.3) is 0 Å². The number of nitrogens with zero attached hydrogens (tertiary/aromatic N) is 2. The van der Waals surface area contributed by atoms with Crippen LogP contribution in [0.2, 0.25) is 0 Å². The van der Waals surface area contributed by atoms with E-state index in [9.17, 15) is 0 Å². The van der Waals surface area contributed by atoms with E-state index in [2.05, 4.69) is 24.5 Å². The van der Waals surface area contributed by atoms with Gasteiger partial charge in [-0.3, -0.25) is 0 Å². The number of rotatable bonds is 5. The van der Waals surface area contributed by atoms with E-state index in [1.807, 2.05) is 12.1 Å². The quantitative estimate of drug-likeness (QED) is 0.830. The van der Waals surface area contributed by atoms with Crippen LogP contribution in [-0.2, 0) is 13.0 Å². The molecule has 1 fully saturated rings. The minimum Gasteiger partial charge on any atom is -0.399 e. The zero-order valence-electron chi connectivity index (χ0n) is 12.7. The Morgan fingerprint density at radius 2 is 2.10 bits per heavy atom. The second-order valence-electron chi connectivity index (χ2n) is 6.32. The van der Waals surface area contributed by atoms with Crippen molar-refractivity contribution in [1.29, 1.82) is 0 Å². The molecule has 1 heterocycles. The van der Waals surface area contributed by atoms with Crippen molar-refractivity contribution < 1.29 is 0 Å². The third-order valence-electron chi connectivity index (χ3n) is 4.98. The lowest BCUT2D eigenvalue weighted by atomic mass is 9.67. The Balaban J connectivity index is 2.04. The molecule has 0 amide bonds. The molecule has 1 aliphatic rings. The monoisotopic (exact) mass is 271 g/mol. The predicted molar refractivity (Wildman–Crippen MR) is 84.7 cm³/mol. The summed E-state index contributed by atoms with van der Waals surface area (Å²) in [4.78, 5) is 4.82. The van der Waals surface area contributed by atoms with Crippen molar-refractivity contribution in [2.45, 2.75) is 58.9 Å². The lowest BCUT2D eigenvalue weighted by Crippen LogP contribution is -2.34. The Bertz CT molecular complexity index is 602. The molecule has 3 nitrogen and oxygen atoms in total. The Kier molecular flexibility index (Phi) is 3.45. The van der Waals surface area contributed by atoms with Gasteiger partial charge in [0, 0.05) is 18.7 Å². The molecule has 0 bridgehead atoms. The van der Waals surface area contributed by atoms with Gasteiger partial charge < -0.3 is 10.3 Å². The van der Waals surface area contributed by atoms with E-state index in [4.69, 9.17) is 10.7 Å². The molecular weight excluding hydrogens is 246 g/mol. The first kappa shape index (κ1) is 13.5. The van der Waals surface area contributed by atoms with Crippen molar-refractivity contribution in [3.05, 3.63) is 24.0 Å². The summed E-state index contributed by atoms with van der Waals surface area (Å²) in [5, 5.41) is 0. The fourth-order valence-corrected chi connectivity index (χ4v) is 3.42. The van der Waals surface area contributed by atoms with Crippen molar-refractivity contribution in [2.24, 2.45) is 5.41 Å². The maximum atomic E-state index is 5.90. The largest absolute Gasteiger partial charge is 0.399 e. The fraction of sp³-hybridized carbons (Fsp3) is 0.588. The number of benzene rings is 1. The maximum Gasteiger partial charge on any atom is 0.109 e. The summed E-state index contributed by atoms with van der Waals surface area (Å²) in [6, 6.07) is 6.14. The summed E-state index contributed by atoms with van der Waals surface area (Å²) in [6.07, 6.45) is 7.57. The topological polar surface area (TPSA) is 43.8 Å². The second-order valence-corrected chi connectivity index (χ2v) is 6.32. The van der Waals surface area contributed by atoms with Crippen LogP contribution in [0.4, 0.5) is 5.69 Å². The molecule has 1 aromatic heterocycles.